The largest absolute Gasteiger partial charge is 0.338 e. The molecule has 1 aromatic rings. The van der Waals surface area contributed by atoms with Gasteiger partial charge in [0.2, 0.25) is 0 Å². The van der Waals surface area contributed by atoms with E-state index in [-0.39, 0.29) is 12.8 Å². The first-order valence-electron chi connectivity index (χ1n) is 3.49. The monoisotopic (exact) mass is 154 g/mol. The Labute approximate surface area is 69.3 Å². The second-order valence-electron chi connectivity index (χ2n) is 3.61. The fraction of sp³-hybridized carbons (Fsp3) is 0.667. The van der Waals surface area contributed by atoms with Crippen molar-refractivity contribution in [2.75, 3.05) is 0 Å². The lowest BCUT2D eigenvalue weighted by atomic mass is 9.96. The van der Waals surface area contributed by atoms with Crippen LogP contribution in [0.25, 0.3) is 0 Å². The minimum Gasteiger partial charge on any atom is -0.338 e. The molecular weight excluding hydrogens is 136 g/mol. The molecule has 64 valence electrons. The van der Waals surface area contributed by atoms with Crippen LogP contribution in [0.2, 0.25) is 0 Å². The minimum absolute atomic E-state index is 0. The second kappa shape index (κ2) is 3.07. The topological polar surface area (TPSA) is 17.8 Å². The molecule has 0 saturated heterocycles. The van der Waals surface area contributed by atoms with Gasteiger partial charge in [-0.3, -0.25) is 0 Å². The molecule has 1 rings (SSSR count). The lowest BCUT2D eigenvalue weighted by Gasteiger charge is -2.17. The summed E-state index contributed by atoms with van der Waals surface area (Å²) in [6, 6.07) is 0. The van der Waals surface area contributed by atoms with Gasteiger partial charge < -0.3 is 4.57 Å². The van der Waals surface area contributed by atoms with Crippen LogP contribution in [0.1, 0.15) is 34.0 Å². The molecule has 0 saturated carbocycles. The molecule has 0 radical (unpaired) electrons. The maximum absolute atomic E-state index is 4.25. The van der Waals surface area contributed by atoms with Gasteiger partial charge in [0.15, 0.2) is 0 Å². The van der Waals surface area contributed by atoms with Crippen molar-refractivity contribution in [2.24, 2.45) is 7.05 Å². The van der Waals surface area contributed by atoms with Gasteiger partial charge in [-0.05, 0) is 0 Å². The highest BCUT2D eigenvalue weighted by atomic mass is 15.0. The summed E-state index contributed by atoms with van der Waals surface area (Å²) in [6.07, 6.45) is 3.81. The van der Waals surface area contributed by atoms with Crippen molar-refractivity contribution < 1.29 is 0 Å². The van der Waals surface area contributed by atoms with Gasteiger partial charge in [-0.2, -0.15) is 0 Å². The maximum Gasteiger partial charge on any atom is 0.113 e. The molecule has 0 aliphatic rings. The second-order valence-corrected chi connectivity index (χ2v) is 3.61. The minimum atomic E-state index is 0. The van der Waals surface area contributed by atoms with E-state index in [1.807, 2.05) is 19.4 Å². The predicted molar refractivity (Wildman–Crippen MR) is 48.6 cm³/mol. The van der Waals surface area contributed by atoms with E-state index in [4.69, 9.17) is 0 Å². The van der Waals surface area contributed by atoms with E-state index < -0.39 is 0 Å². The standard InChI is InChI=1S/C8H14N2.CH4/c1-8(2,3)7-9-5-6-10(7)4;/h5-6H,1-4H3;1H4. The molecule has 0 unspecified atom stereocenters. The Morgan fingerprint density at radius 2 is 1.91 bits per heavy atom. The molecule has 2 nitrogen and oxygen atoms in total. The van der Waals surface area contributed by atoms with Gasteiger partial charge in [0.1, 0.15) is 5.82 Å². The summed E-state index contributed by atoms with van der Waals surface area (Å²) in [6.45, 7) is 6.49. The number of aryl methyl sites for hydroxylation is 1. The Kier molecular flexibility index (Phi) is 2.85. The molecule has 0 aromatic carbocycles. The van der Waals surface area contributed by atoms with Crippen molar-refractivity contribution >= 4 is 0 Å². The van der Waals surface area contributed by atoms with E-state index >= 15 is 0 Å². The van der Waals surface area contributed by atoms with Gasteiger partial charge in [0.25, 0.3) is 0 Å². The molecule has 0 fully saturated rings. The van der Waals surface area contributed by atoms with E-state index in [0.717, 1.165) is 5.82 Å². The zero-order chi connectivity index (χ0) is 7.78. The number of rotatable bonds is 0. The van der Waals surface area contributed by atoms with Gasteiger partial charge in [-0.1, -0.05) is 28.2 Å². The molecule has 0 N–H and O–H groups in total. The Hall–Kier alpha value is -0.790. The SMILES string of the molecule is C.Cn1ccnc1C(C)(C)C. The van der Waals surface area contributed by atoms with Crippen LogP contribution in [-0.2, 0) is 12.5 Å². The molecule has 0 atom stereocenters. The van der Waals surface area contributed by atoms with Crippen molar-refractivity contribution in [3.63, 3.8) is 0 Å². The van der Waals surface area contributed by atoms with Crippen LogP contribution < -0.4 is 0 Å². The average Bonchev–Trinajstić information content (AvgIpc) is 2.11. The van der Waals surface area contributed by atoms with E-state index in [2.05, 4.69) is 30.3 Å². The van der Waals surface area contributed by atoms with Crippen LogP contribution in [-0.4, -0.2) is 9.55 Å². The van der Waals surface area contributed by atoms with Crippen molar-refractivity contribution in [1.82, 2.24) is 9.55 Å². The van der Waals surface area contributed by atoms with E-state index in [0.29, 0.717) is 0 Å². The number of hydrogen-bond donors (Lipinski definition) is 0. The smallest absolute Gasteiger partial charge is 0.113 e. The molecule has 0 amide bonds. The molecule has 0 spiro atoms. The third-order valence-electron chi connectivity index (χ3n) is 1.49. The lowest BCUT2D eigenvalue weighted by Crippen LogP contribution is -2.16. The molecule has 0 aliphatic carbocycles. The average molecular weight is 154 g/mol. The van der Waals surface area contributed by atoms with Gasteiger partial charge >= 0.3 is 0 Å². The Morgan fingerprint density at radius 3 is 2.09 bits per heavy atom. The maximum atomic E-state index is 4.25. The van der Waals surface area contributed by atoms with Crippen molar-refractivity contribution in [2.45, 2.75) is 33.6 Å². The van der Waals surface area contributed by atoms with Gasteiger partial charge in [-0.15, -0.1) is 0 Å². The van der Waals surface area contributed by atoms with E-state index in [1.165, 1.54) is 0 Å². The first kappa shape index (κ1) is 10.2. The third-order valence-corrected chi connectivity index (χ3v) is 1.49. The van der Waals surface area contributed by atoms with Gasteiger partial charge in [-0.25, -0.2) is 4.98 Å². The van der Waals surface area contributed by atoms with Gasteiger partial charge in [0, 0.05) is 24.9 Å². The van der Waals surface area contributed by atoms with Crippen molar-refractivity contribution in [1.29, 1.82) is 0 Å². The molecule has 1 aromatic heterocycles. The Bertz CT molecular complexity index is 218. The van der Waals surface area contributed by atoms with Crippen molar-refractivity contribution in [3.8, 4) is 0 Å². The highest BCUT2D eigenvalue weighted by molar-refractivity contribution is 5.03. The zero-order valence-electron chi connectivity index (χ0n) is 7.05. The van der Waals surface area contributed by atoms with E-state index in [9.17, 15) is 0 Å². The van der Waals surface area contributed by atoms with Crippen LogP contribution in [0, 0.1) is 0 Å². The summed E-state index contributed by atoms with van der Waals surface area (Å²) in [4.78, 5) is 4.25. The third kappa shape index (κ3) is 2.07. The zero-order valence-corrected chi connectivity index (χ0v) is 7.05. The number of aromatic nitrogens is 2. The number of nitrogens with zero attached hydrogens (tertiary/aromatic N) is 2. The fourth-order valence-corrected chi connectivity index (χ4v) is 1.09. The fourth-order valence-electron chi connectivity index (χ4n) is 1.09. The van der Waals surface area contributed by atoms with Crippen LogP contribution in [0.3, 0.4) is 0 Å². The first-order valence-corrected chi connectivity index (χ1v) is 3.49. The van der Waals surface area contributed by atoms with Crippen LogP contribution >= 0.6 is 0 Å². The first-order chi connectivity index (χ1) is 4.52. The van der Waals surface area contributed by atoms with Gasteiger partial charge in [0.05, 0.1) is 0 Å². The molecule has 11 heavy (non-hydrogen) atoms. The number of hydrogen-bond acceptors (Lipinski definition) is 1. The quantitative estimate of drug-likeness (QED) is 0.561. The number of imidazole rings is 1. The predicted octanol–water partition coefficient (Wildman–Crippen LogP) is 2.35. The summed E-state index contributed by atoms with van der Waals surface area (Å²) in [5.74, 6) is 1.13. The summed E-state index contributed by atoms with van der Waals surface area (Å²) in [5.41, 5.74) is 0.165. The highest BCUT2D eigenvalue weighted by Crippen LogP contribution is 2.18. The molecular formula is C9H18N2. The summed E-state index contributed by atoms with van der Waals surface area (Å²) < 4.78 is 2.06. The lowest BCUT2D eigenvalue weighted by molar-refractivity contribution is 0.522. The normalized spacial score (nSPS) is 10.9. The summed E-state index contributed by atoms with van der Waals surface area (Å²) in [7, 11) is 2.02. The van der Waals surface area contributed by atoms with Crippen LogP contribution in [0.4, 0.5) is 0 Å². The highest BCUT2D eigenvalue weighted by Gasteiger charge is 2.17. The summed E-state index contributed by atoms with van der Waals surface area (Å²) in [5, 5.41) is 0. The molecule has 0 bridgehead atoms. The molecule has 0 aliphatic heterocycles. The molecule has 1 heterocycles. The summed E-state index contributed by atoms with van der Waals surface area (Å²) >= 11 is 0. The van der Waals surface area contributed by atoms with Crippen LogP contribution in [0.5, 0.6) is 0 Å². The Balaban J connectivity index is 0.000001000. The van der Waals surface area contributed by atoms with Crippen molar-refractivity contribution in [3.05, 3.63) is 18.2 Å². The van der Waals surface area contributed by atoms with E-state index in [1.54, 1.807) is 0 Å². The molecule has 2 heteroatoms. The Morgan fingerprint density at radius 1 is 1.36 bits per heavy atom. The van der Waals surface area contributed by atoms with Crippen LogP contribution in [0.15, 0.2) is 12.4 Å².